The molecule has 0 bridgehead atoms. The molecule has 1 aliphatic rings. The van der Waals surface area contributed by atoms with Gasteiger partial charge in [0.2, 0.25) is 5.78 Å². The lowest BCUT2D eigenvalue weighted by molar-refractivity contribution is 0.100. The molecule has 1 aromatic carbocycles. The molecule has 0 unspecified atom stereocenters. The zero-order valence-corrected chi connectivity index (χ0v) is 11.7. The van der Waals surface area contributed by atoms with E-state index in [9.17, 15) is 9.90 Å². The van der Waals surface area contributed by atoms with Crippen molar-refractivity contribution in [3.05, 3.63) is 47.6 Å². The molecule has 1 aliphatic heterocycles. The minimum absolute atomic E-state index is 0.0442. The highest BCUT2D eigenvalue weighted by Gasteiger charge is 2.22. The monoisotopic (exact) mass is 284 g/mol. The highest BCUT2D eigenvalue weighted by molar-refractivity contribution is 6.09. The molecule has 108 valence electrons. The van der Waals surface area contributed by atoms with Crippen molar-refractivity contribution in [2.24, 2.45) is 0 Å². The van der Waals surface area contributed by atoms with Crippen molar-refractivity contribution in [1.82, 2.24) is 9.55 Å². The van der Waals surface area contributed by atoms with Gasteiger partial charge in [0.25, 0.3) is 0 Å². The van der Waals surface area contributed by atoms with Gasteiger partial charge < -0.3 is 14.4 Å². The van der Waals surface area contributed by atoms with Crippen molar-refractivity contribution in [1.29, 1.82) is 0 Å². The van der Waals surface area contributed by atoms with Crippen molar-refractivity contribution in [3.8, 4) is 11.5 Å². The van der Waals surface area contributed by atoms with E-state index >= 15 is 0 Å². The summed E-state index contributed by atoms with van der Waals surface area (Å²) in [5.41, 5.74) is 1.56. The molecule has 1 N–H and O–H groups in total. The predicted molar refractivity (Wildman–Crippen MR) is 78.4 cm³/mol. The molecule has 0 saturated heterocycles. The third-order valence-electron chi connectivity index (χ3n) is 3.46. The Morgan fingerprint density at radius 3 is 3.14 bits per heavy atom. The molecule has 2 aromatic rings. The number of nitrogens with zero attached hydrogens (tertiary/aromatic N) is 2. The van der Waals surface area contributed by atoms with Crippen LogP contribution in [-0.4, -0.2) is 27.0 Å². The highest BCUT2D eigenvalue weighted by Crippen LogP contribution is 2.29. The number of fused-ring (bicyclic) bond motifs is 1. The first kappa shape index (κ1) is 13.4. The van der Waals surface area contributed by atoms with Crippen LogP contribution in [0.25, 0.3) is 6.08 Å². The molecule has 3 rings (SSSR count). The third-order valence-corrected chi connectivity index (χ3v) is 3.46. The Kier molecular flexibility index (Phi) is 3.48. The predicted octanol–water partition coefficient (Wildman–Crippen LogP) is 2.66. The molecule has 0 saturated carbocycles. The Morgan fingerprint density at radius 2 is 2.33 bits per heavy atom. The van der Waals surface area contributed by atoms with Crippen molar-refractivity contribution in [3.63, 3.8) is 0 Å². The number of Topliss-reactive ketones (excluding diaryl/α,β-unsaturated/α-hetero) is 1. The zero-order chi connectivity index (χ0) is 14.8. The first-order valence-corrected chi connectivity index (χ1v) is 6.91. The Labute approximate surface area is 122 Å². The third kappa shape index (κ3) is 2.54. The number of rotatable bonds is 3. The number of aromatic nitrogens is 2. The summed E-state index contributed by atoms with van der Waals surface area (Å²) in [6.45, 7) is 3.09. The first-order chi connectivity index (χ1) is 10.2. The van der Waals surface area contributed by atoms with Crippen LogP contribution < -0.4 is 4.74 Å². The molecule has 21 heavy (non-hydrogen) atoms. The number of hydrogen-bond acceptors (Lipinski definition) is 4. The van der Waals surface area contributed by atoms with Gasteiger partial charge in [-0.25, -0.2) is 4.98 Å². The van der Waals surface area contributed by atoms with E-state index in [-0.39, 0.29) is 11.5 Å². The van der Waals surface area contributed by atoms with E-state index in [2.05, 4.69) is 4.98 Å². The van der Waals surface area contributed by atoms with Crippen LogP contribution >= 0.6 is 0 Å². The lowest BCUT2D eigenvalue weighted by atomic mass is 10.0. The fraction of sp³-hybridized carbons (Fsp3) is 0.250. The molecular weight excluding hydrogens is 268 g/mol. The lowest BCUT2D eigenvalue weighted by Crippen LogP contribution is -2.19. The molecule has 0 fully saturated rings. The number of imidazole rings is 1. The highest BCUT2D eigenvalue weighted by atomic mass is 16.5. The number of aryl methyl sites for hydroxylation is 1. The molecule has 0 amide bonds. The number of phenols is 1. The summed E-state index contributed by atoms with van der Waals surface area (Å²) in [7, 11) is 0. The van der Waals surface area contributed by atoms with Crippen LogP contribution in [-0.2, 0) is 6.54 Å². The first-order valence-electron chi connectivity index (χ1n) is 6.91. The number of carbonyl (C=O) groups excluding carboxylic acids is 1. The fourth-order valence-electron chi connectivity index (χ4n) is 2.43. The smallest absolute Gasteiger partial charge is 0.224 e. The SMILES string of the molecule is CCOc1cc(C=C2CCn3ccnc3C2=O)ccc1O. The maximum Gasteiger partial charge on any atom is 0.224 e. The molecule has 0 aliphatic carbocycles. The lowest BCUT2D eigenvalue weighted by Gasteiger charge is -2.15. The van der Waals surface area contributed by atoms with Gasteiger partial charge in [-0.3, -0.25) is 4.79 Å². The Hall–Kier alpha value is -2.56. The van der Waals surface area contributed by atoms with Crippen molar-refractivity contribution < 1.29 is 14.6 Å². The van der Waals surface area contributed by atoms with Crippen LogP contribution in [0.3, 0.4) is 0 Å². The summed E-state index contributed by atoms with van der Waals surface area (Å²) in [5.74, 6) is 0.967. The van der Waals surface area contributed by atoms with Crippen molar-refractivity contribution in [2.45, 2.75) is 19.9 Å². The Morgan fingerprint density at radius 1 is 1.48 bits per heavy atom. The van der Waals surface area contributed by atoms with E-state index in [1.807, 2.05) is 23.8 Å². The molecule has 1 aromatic heterocycles. The van der Waals surface area contributed by atoms with E-state index in [1.54, 1.807) is 24.4 Å². The van der Waals surface area contributed by atoms with Crippen molar-refractivity contribution >= 4 is 11.9 Å². The second-order valence-corrected chi connectivity index (χ2v) is 4.85. The number of ether oxygens (including phenoxy) is 1. The molecule has 5 nitrogen and oxygen atoms in total. The zero-order valence-electron chi connectivity index (χ0n) is 11.7. The average Bonchev–Trinajstić information content (AvgIpc) is 2.95. The minimum atomic E-state index is -0.0442. The Bertz CT molecular complexity index is 716. The van der Waals surface area contributed by atoms with Gasteiger partial charge >= 0.3 is 0 Å². The summed E-state index contributed by atoms with van der Waals surface area (Å²) in [6, 6.07) is 5.07. The molecule has 0 spiro atoms. The summed E-state index contributed by atoms with van der Waals surface area (Å²) < 4.78 is 7.22. The number of aromatic hydroxyl groups is 1. The van der Waals surface area contributed by atoms with Gasteiger partial charge in [0.1, 0.15) is 0 Å². The number of phenolic OH excluding ortho intramolecular Hbond substituents is 1. The van der Waals surface area contributed by atoms with E-state index < -0.39 is 0 Å². The molecule has 5 heteroatoms. The van der Waals surface area contributed by atoms with Gasteiger partial charge in [-0.05, 0) is 37.1 Å². The van der Waals surface area contributed by atoms with Crippen LogP contribution in [0.5, 0.6) is 11.5 Å². The van der Waals surface area contributed by atoms with Crippen LogP contribution in [0.4, 0.5) is 0 Å². The van der Waals surface area contributed by atoms with Crippen LogP contribution in [0.1, 0.15) is 29.5 Å². The minimum Gasteiger partial charge on any atom is -0.504 e. The second-order valence-electron chi connectivity index (χ2n) is 4.85. The second kappa shape index (κ2) is 5.44. The number of ketones is 1. The number of carbonyl (C=O) groups is 1. The maximum atomic E-state index is 12.3. The average molecular weight is 284 g/mol. The van der Waals surface area contributed by atoms with Gasteiger partial charge in [-0.15, -0.1) is 0 Å². The van der Waals surface area contributed by atoms with Gasteiger partial charge in [0.05, 0.1) is 6.61 Å². The summed E-state index contributed by atoms with van der Waals surface area (Å²) in [4.78, 5) is 16.4. The van der Waals surface area contributed by atoms with Gasteiger partial charge in [-0.2, -0.15) is 0 Å². The van der Waals surface area contributed by atoms with Gasteiger partial charge in [-0.1, -0.05) is 6.07 Å². The van der Waals surface area contributed by atoms with E-state index in [1.165, 1.54) is 0 Å². The fourth-order valence-corrected chi connectivity index (χ4v) is 2.43. The van der Waals surface area contributed by atoms with Crippen LogP contribution in [0, 0.1) is 0 Å². The van der Waals surface area contributed by atoms with E-state index in [4.69, 9.17) is 4.74 Å². The normalized spacial score (nSPS) is 16.0. The van der Waals surface area contributed by atoms with E-state index in [0.717, 1.165) is 17.7 Å². The van der Waals surface area contributed by atoms with Gasteiger partial charge in [0, 0.05) is 24.5 Å². The van der Waals surface area contributed by atoms with E-state index in [0.29, 0.717) is 24.6 Å². The standard InChI is InChI=1S/C16H16N2O3/c1-2-21-14-10-11(3-4-13(14)19)9-12-5-7-18-8-6-17-16(18)15(12)20/h3-4,6,8-10,19H,2,5,7H2,1H3. The number of allylic oxidation sites excluding steroid dienone is 1. The van der Waals surface area contributed by atoms with Gasteiger partial charge in [0.15, 0.2) is 17.3 Å². The topological polar surface area (TPSA) is 64.4 Å². The van der Waals surface area contributed by atoms with Crippen LogP contribution in [0.2, 0.25) is 0 Å². The quantitative estimate of drug-likeness (QED) is 0.880. The largest absolute Gasteiger partial charge is 0.504 e. The maximum absolute atomic E-state index is 12.3. The molecule has 0 radical (unpaired) electrons. The molecule has 2 heterocycles. The number of benzene rings is 1. The van der Waals surface area contributed by atoms with Crippen LogP contribution in [0.15, 0.2) is 36.2 Å². The molecular formula is C16H16N2O3. The molecule has 0 atom stereocenters. The summed E-state index contributed by atoms with van der Waals surface area (Å²) in [6.07, 6.45) is 5.97. The summed E-state index contributed by atoms with van der Waals surface area (Å²) in [5, 5.41) is 9.70. The number of hydrogen-bond donors (Lipinski definition) is 1. The Balaban J connectivity index is 1.92. The summed E-state index contributed by atoms with van der Waals surface area (Å²) >= 11 is 0. The van der Waals surface area contributed by atoms with Crippen molar-refractivity contribution in [2.75, 3.05) is 6.61 Å².